The fourth-order valence-electron chi connectivity index (χ4n) is 4.94. The van der Waals surface area contributed by atoms with Crippen molar-refractivity contribution in [2.24, 2.45) is 5.73 Å². The number of carboxylic acids is 1. The lowest BCUT2D eigenvalue weighted by Gasteiger charge is -2.38. The Labute approximate surface area is 280 Å². The maximum atomic E-state index is 13.6. The molecule has 1 aliphatic heterocycles. The van der Waals surface area contributed by atoms with Crippen molar-refractivity contribution in [3.05, 3.63) is 53.6 Å². The van der Waals surface area contributed by atoms with Crippen molar-refractivity contribution >= 4 is 51.2 Å². The fraction of sp³-hybridized carbons (Fsp3) is 0.452. The number of hydrogen-bond acceptors (Lipinski definition) is 11. The molecule has 1 fully saturated rings. The standard InChI is InChI=1S/C31H41N5O9S2/c1-15(22-19(38)12-17(37)13-20(22)39)23(32)27(42)35-24-28(43)33-14-21(40)34-18(11-16-9-7-6-8-10-16)26(41)36-25(29(44)45)31(4,5)47-46-30(24,2)3/h6-10,12-13,15,18,23-25,37-39H,11,14,32H2,1-5H3,(H,33,43)(H,34,40)(H,35,42)(H,36,41)(H,44,45)/t15-,18-,23-,24?,25-/m0/s1. The predicted molar refractivity (Wildman–Crippen MR) is 178 cm³/mol. The molecule has 1 unspecified atom stereocenters. The molecule has 2 aromatic rings. The Hall–Kier alpha value is -4.15. The number of benzene rings is 2. The van der Waals surface area contributed by atoms with Crippen LogP contribution in [0.25, 0.3) is 0 Å². The Kier molecular flexibility index (Phi) is 12.0. The highest BCUT2D eigenvalue weighted by Gasteiger charge is 2.44. The summed E-state index contributed by atoms with van der Waals surface area (Å²) in [7, 11) is 2.18. The van der Waals surface area contributed by atoms with E-state index in [1.54, 1.807) is 58.0 Å². The summed E-state index contributed by atoms with van der Waals surface area (Å²) in [5.41, 5.74) is 6.85. The van der Waals surface area contributed by atoms with Gasteiger partial charge in [0.05, 0.1) is 17.3 Å². The van der Waals surface area contributed by atoms with E-state index in [9.17, 15) is 44.4 Å². The van der Waals surface area contributed by atoms with Gasteiger partial charge >= 0.3 is 5.97 Å². The van der Waals surface area contributed by atoms with Crippen LogP contribution in [0.15, 0.2) is 42.5 Å². The van der Waals surface area contributed by atoms with Gasteiger partial charge in [0, 0.05) is 34.8 Å². The second kappa shape index (κ2) is 15.2. The van der Waals surface area contributed by atoms with Crippen LogP contribution in [-0.2, 0) is 30.4 Å². The topological polar surface area (TPSA) is 240 Å². The number of carbonyl (C=O) groups is 5. The van der Waals surface area contributed by atoms with E-state index in [0.717, 1.165) is 33.7 Å². The van der Waals surface area contributed by atoms with Gasteiger partial charge in [-0.3, -0.25) is 19.2 Å². The number of phenolic OH excluding ortho intramolecular Hbond substituents is 3. The molecule has 0 aliphatic carbocycles. The number of aromatic hydroxyl groups is 3. The fourth-order valence-corrected chi connectivity index (χ4v) is 7.75. The number of aliphatic carboxylic acids is 1. The number of carbonyl (C=O) groups excluding carboxylic acids is 4. The second-order valence-corrected chi connectivity index (χ2v) is 15.8. The van der Waals surface area contributed by atoms with Crippen LogP contribution in [0.5, 0.6) is 17.2 Å². The molecule has 0 radical (unpaired) electrons. The molecule has 256 valence electrons. The molecule has 4 amide bonds. The van der Waals surface area contributed by atoms with Gasteiger partial charge in [-0.25, -0.2) is 4.79 Å². The largest absolute Gasteiger partial charge is 0.508 e. The maximum Gasteiger partial charge on any atom is 0.327 e. The van der Waals surface area contributed by atoms with Gasteiger partial charge in [-0.2, -0.15) is 0 Å². The molecular weight excluding hydrogens is 651 g/mol. The van der Waals surface area contributed by atoms with Gasteiger partial charge in [-0.05, 0) is 33.3 Å². The van der Waals surface area contributed by atoms with E-state index >= 15 is 0 Å². The van der Waals surface area contributed by atoms with Crippen LogP contribution in [0, 0.1) is 0 Å². The Bertz CT molecular complexity index is 1480. The minimum atomic E-state index is -1.41. The quantitative estimate of drug-likeness (QED) is 0.185. The second-order valence-electron chi connectivity index (χ2n) is 12.3. The number of nitrogens with two attached hydrogens (primary N) is 1. The first kappa shape index (κ1) is 37.3. The normalized spacial score (nSPS) is 23.2. The molecule has 5 atom stereocenters. The van der Waals surface area contributed by atoms with Gasteiger partial charge in [-0.15, -0.1) is 0 Å². The molecule has 0 saturated carbocycles. The zero-order valence-electron chi connectivity index (χ0n) is 26.6. The van der Waals surface area contributed by atoms with Crippen molar-refractivity contribution in [3.63, 3.8) is 0 Å². The number of carboxylic acid groups (broad SMARTS) is 1. The van der Waals surface area contributed by atoms with E-state index in [2.05, 4.69) is 21.3 Å². The highest BCUT2D eigenvalue weighted by molar-refractivity contribution is 8.77. The first-order chi connectivity index (χ1) is 21.8. The summed E-state index contributed by atoms with van der Waals surface area (Å²) in [5.74, 6) is -6.68. The summed E-state index contributed by atoms with van der Waals surface area (Å²) < 4.78 is -2.32. The number of amides is 4. The van der Waals surface area contributed by atoms with E-state index in [0.29, 0.717) is 5.56 Å². The van der Waals surface area contributed by atoms with Crippen LogP contribution in [0.4, 0.5) is 0 Å². The average Bonchev–Trinajstić information content (AvgIpc) is 2.98. The lowest BCUT2D eigenvalue weighted by molar-refractivity contribution is -0.143. The molecule has 0 spiro atoms. The third kappa shape index (κ3) is 9.45. The first-order valence-corrected chi connectivity index (χ1v) is 16.8. The van der Waals surface area contributed by atoms with Crippen LogP contribution in [0.3, 0.4) is 0 Å². The van der Waals surface area contributed by atoms with Crippen LogP contribution < -0.4 is 27.0 Å². The first-order valence-electron chi connectivity index (χ1n) is 14.7. The van der Waals surface area contributed by atoms with E-state index in [-0.39, 0.29) is 12.0 Å². The number of rotatable bonds is 7. The Morgan fingerprint density at radius 2 is 1.53 bits per heavy atom. The van der Waals surface area contributed by atoms with Crippen molar-refractivity contribution in [2.75, 3.05) is 6.54 Å². The van der Waals surface area contributed by atoms with Crippen LogP contribution in [-0.4, -0.2) is 90.2 Å². The van der Waals surface area contributed by atoms with Gasteiger partial charge in [0.2, 0.25) is 23.6 Å². The van der Waals surface area contributed by atoms with E-state index < -0.39 is 93.0 Å². The third-order valence-corrected chi connectivity index (χ3v) is 12.0. The molecule has 1 heterocycles. The van der Waals surface area contributed by atoms with E-state index in [1.807, 2.05) is 0 Å². The lowest BCUT2D eigenvalue weighted by Crippen LogP contribution is -2.62. The molecule has 0 aromatic heterocycles. The summed E-state index contributed by atoms with van der Waals surface area (Å²) in [6.07, 6.45) is 0.0505. The zero-order chi connectivity index (χ0) is 35.3. The van der Waals surface area contributed by atoms with Crippen molar-refractivity contribution in [1.82, 2.24) is 21.3 Å². The molecule has 10 N–H and O–H groups in total. The molecule has 1 saturated heterocycles. The van der Waals surface area contributed by atoms with Gasteiger partial charge in [0.15, 0.2) is 0 Å². The highest BCUT2D eigenvalue weighted by atomic mass is 33.1. The van der Waals surface area contributed by atoms with Crippen LogP contribution in [0.2, 0.25) is 0 Å². The Morgan fingerprint density at radius 1 is 0.957 bits per heavy atom. The predicted octanol–water partition coefficient (Wildman–Crippen LogP) is 1.08. The zero-order valence-corrected chi connectivity index (χ0v) is 28.2. The van der Waals surface area contributed by atoms with Crippen molar-refractivity contribution in [2.45, 2.75) is 80.6 Å². The number of hydrogen-bond donors (Lipinski definition) is 9. The summed E-state index contributed by atoms with van der Waals surface area (Å²) in [6.45, 7) is 7.39. The van der Waals surface area contributed by atoms with Gasteiger partial charge in [-0.1, -0.05) is 58.8 Å². The lowest BCUT2D eigenvalue weighted by atomic mass is 9.91. The molecule has 16 heteroatoms. The number of nitrogens with one attached hydrogen (secondary N) is 4. The molecule has 47 heavy (non-hydrogen) atoms. The Balaban J connectivity index is 1.93. The third-order valence-electron chi connectivity index (χ3n) is 7.72. The van der Waals surface area contributed by atoms with Gasteiger partial charge < -0.3 is 47.4 Å². The maximum absolute atomic E-state index is 13.6. The van der Waals surface area contributed by atoms with Crippen LogP contribution in [0.1, 0.15) is 51.7 Å². The molecule has 14 nitrogen and oxygen atoms in total. The SMILES string of the molecule is C[C@@H](c1c(O)cc(O)cc1O)[C@H](N)C(=O)NC1C(=O)NCC(=O)N[C@@H](Cc2ccccc2)C(=O)N[C@@H](C(=O)O)C(C)(C)SSC1(C)C. The summed E-state index contributed by atoms with van der Waals surface area (Å²) >= 11 is 0. The van der Waals surface area contributed by atoms with Crippen molar-refractivity contribution in [3.8, 4) is 17.2 Å². The summed E-state index contributed by atoms with van der Waals surface area (Å²) in [6, 6.07) is 5.49. The number of phenols is 3. The van der Waals surface area contributed by atoms with Crippen LogP contribution >= 0.6 is 21.6 Å². The smallest absolute Gasteiger partial charge is 0.327 e. The van der Waals surface area contributed by atoms with Crippen molar-refractivity contribution < 1.29 is 44.4 Å². The Morgan fingerprint density at radius 3 is 2.11 bits per heavy atom. The minimum absolute atomic E-state index is 0.0505. The van der Waals surface area contributed by atoms with Gasteiger partial charge in [0.25, 0.3) is 0 Å². The summed E-state index contributed by atoms with van der Waals surface area (Å²) in [4.78, 5) is 65.9. The minimum Gasteiger partial charge on any atom is -0.508 e. The molecule has 1 aliphatic rings. The molecule has 2 aromatic carbocycles. The summed E-state index contributed by atoms with van der Waals surface area (Å²) in [5, 5.41) is 50.7. The molecule has 0 bridgehead atoms. The average molecular weight is 692 g/mol. The van der Waals surface area contributed by atoms with E-state index in [4.69, 9.17) is 5.73 Å². The molecule has 3 rings (SSSR count). The highest BCUT2D eigenvalue weighted by Crippen LogP contribution is 2.47. The molecular formula is C31H41N5O9S2. The van der Waals surface area contributed by atoms with Crippen molar-refractivity contribution in [1.29, 1.82) is 0 Å². The van der Waals surface area contributed by atoms with E-state index in [1.165, 1.54) is 6.92 Å². The van der Waals surface area contributed by atoms with Gasteiger partial charge in [0.1, 0.15) is 35.4 Å². The monoisotopic (exact) mass is 691 g/mol.